The predicted molar refractivity (Wildman–Crippen MR) is 87.1 cm³/mol. The second-order valence-electron chi connectivity index (χ2n) is 5.88. The third-order valence-electron chi connectivity index (χ3n) is 4.38. The van der Waals surface area contributed by atoms with E-state index in [0.717, 1.165) is 37.3 Å². The monoisotopic (exact) mass is 325 g/mol. The number of carbonyl (C=O) groups is 1. The molecule has 0 bridgehead atoms. The number of aromatic amines is 1. The SMILES string of the molecule is O=C(NCc1nnc2ccccn12)N1CCCCC1c1ncc[nH]1. The van der Waals surface area contributed by atoms with Crippen LogP contribution in [0.5, 0.6) is 0 Å². The van der Waals surface area contributed by atoms with Crippen molar-refractivity contribution in [2.75, 3.05) is 6.54 Å². The van der Waals surface area contributed by atoms with Gasteiger partial charge in [-0.2, -0.15) is 0 Å². The zero-order chi connectivity index (χ0) is 16.4. The highest BCUT2D eigenvalue weighted by Crippen LogP contribution is 2.28. The van der Waals surface area contributed by atoms with Crippen molar-refractivity contribution in [3.05, 3.63) is 48.4 Å². The lowest BCUT2D eigenvalue weighted by atomic mass is 10.0. The number of fused-ring (bicyclic) bond motifs is 1. The zero-order valence-corrected chi connectivity index (χ0v) is 13.2. The van der Waals surface area contributed by atoms with E-state index in [1.807, 2.05) is 33.7 Å². The van der Waals surface area contributed by atoms with Gasteiger partial charge in [0.15, 0.2) is 11.5 Å². The number of urea groups is 1. The maximum Gasteiger partial charge on any atom is 0.318 e. The molecule has 1 aliphatic rings. The smallest absolute Gasteiger partial charge is 0.318 e. The number of nitrogens with one attached hydrogen (secondary N) is 2. The van der Waals surface area contributed by atoms with Gasteiger partial charge in [0.1, 0.15) is 5.82 Å². The molecule has 4 rings (SSSR count). The maximum atomic E-state index is 12.7. The predicted octanol–water partition coefficient (Wildman–Crippen LogP) is 1.89. The van der Waals surface area contributed by atoms with Crippen molar-refractivity contribution in [3.8, 4) is 0 Å². The summed E-state index contributed by atoms with van der Waals surface area (Å²) in [6.45, 7) is 1.07. The van der Waals surface area contributed by atoms with Gasteiger partial charge < -0.3 is 15.2 Å². The number of pyridine rings is 1. The highest BCUT2D eigenvalue weighted by atomic mass is 16.2. The quantitative estimate of drug-likeness (QED) is 0.769. The first-order valence-electron chi connectivity index (χ1n) is 8.15. The Morgan fingerprint density at radius 1 is 1.33 bits per heavy atom. The molecule has 3 aromatic rings. The van der Waals surface area contributed by atoms with E-state index in [2.05, 4.69) is 25.5 Å². The van der Waals surface area contributed by atoms with Gasteiger partial charge in [0.2, 0.25) is 0 Å². The number of rotatable bonds is 3. The van der Waals surface area contributed by atoms with E-state index in [-0.39, 0.29) is 12.1 Å². The number of carbonyl (C=O) groups excluding carboxylic acids is 1. The number of H-pyrrole nitrogens is 1. The van der Waals surface area contributed by atoms with Gasteiger partial charge in [0.25, 0.3) is 0 Å². The van der Waals surface area contributed by atoms with Crippen molar-refractivity contribution in [1.29, 1.82) is 0 Å². The largest absolute Gasteiger partial charge is 0.347 e. The van der Waals surface area contributed by atoms with Crippen molar-refractivity contribution in [2.45, 2.75) is 31.8 Å². The second kappa shape index (κ2) is 6.31. The number of hydrogen-bond acceptors (Lipinski definition) is 4. The van der Waals surface area contributed by atoms with E-state index in [4.69, 9.17) is 0 Å². The van der Waals surface area contributed by atoms with E-state index in [1.54, 1.807) is 12.4 Å². The molecule has 8 nitrogen and oxygen atoms in total. The molecular formula is C16H19N7O. The van der Waals surface area contributed by atoms with Crippen LogP contribution in [0.4, 0.5) is 4.79 Å². The topological polar surface area (TPSA) is 91.2 Å². The molecule has 0 saturated carbocycles. The number of piperidine rings is 1. The highest BCUT2D eigenvalue weighted by Gasteiger charge is 2.29. The lowest BCUT2D eigenvalue weighted by Gasteiger charge is -2.34. The third-order valence-corrected chi connectivity index (χ3v) is 4.38. The molecule has 0 spiro atoms. The Hall–Kier alpha value is -2.90. The van der Waals surface area contributed by atoms with Crippen LogP contribution in [0.25, 0.3) is 5.65 Å². The van der Waals surface area contributed by atoms with Crippen LogP contribution < -0.4 is 5.32 Å². The Balaban J connectivity index is 1.47. The van der Waals surface area contributed by atoms with Crippen molar-refractivity contribution in [2.24, 2.45) is 0 Å². The average molecular weight is 325 g/mol. The van der Waals surface area contributed by atoms with Crippen molar-refractivity contribution in [1.82, 2.24) is 34.8 Å². The Morgan fingerprint density at radius 3 is 3.17 bits per heavy atom. The molecule has 0 radical (unpaired) electrons. The van der Waals surface area contributed by atoms with Gasteiger partial charge in [0.05, 0.1) is 12.6 Å². The molecule has 24 heavy (non-hydrogen) atoms. The summed E-state index contributed by atoms with van der Waals surface area (Å²) < 4.78 is 1.88. The fourth-order valence-electron chi connectivity index (χ4n) is 3.19. The van der Waals surface area contributed by atoms with E-state index in [9.17, 15) is 4.79 Å². The first-order chi connectivity index (χ1) is 11.8. The molecule has 1 aliphatic heterocycles. The molecule has 1 unspecified atom stereocenters. The second-order valence-corrected chi connectivity index (χ2v) is 5.88. The highest BCUT2D eigenvalue weighted by molar-refractivity contribution is 5.74. The Morgan fingerprint density at radius 2 is 2.29 bits per heavy atom. The molecule has 1 fully saturated rings. The van der Waals surface area contributed by atoms with Gasteiger partial charge in [-0.15, -0.1) is 10.2 Å². The first kappa shape index (κ1) is 14.7. The van der Waals surface area contributed by atoms with Crippen LogP contribution in [-0.4, -0.2) is 42.0 Å². The minimum absolute atomic E-state index is 0.00361. The summed E-state index contributed by atoms with van der Waals surface area (Å²) in [5.41, 5.74) is 0.771. The van der Waals surface area contributed by atoms with Crippen LogP contribution in [0.1, 0.15) is 37.0 Å². The minimum atomic E-state index is -0.0937. The molecule has 8 heteroatoms. The number of imidazole rings is 1. The Bertz CT molecular complexity index is 826. The van der Waals surface area contributed by atoms with Gasteiger partial charge in [-0.25, -0.2) is 9.78 Å². The van der Waals surface area contributed by atoms with E-state index in [0.29, 0.717) is 12.4 Å². The van der Waals surface area contributed by atoms with Crippen LogP contribution in [0.15, 0.2) is 36.8 Å². The first-order valence-corrected chi connectivity index (χ1v) is 8.15. The van der Waals surface area contributed by atoms with Gasteiger partial charge in [-0.1, -0.05) is 6.07 Å². The summed E-state index contributed by atoms with van der Waals surface area (Å²) >= 11 is 0. The summed E-state index contributed by atoms with van der Waals surface area (Å²) in [6, 6.07) is 5.62. The van der Waals surface area contributed by atoms with Crippen LogP contribution in [0.2, 0.25) is 0 Å². The molecule has 4 heterocycles. The lowest BCUT2D eigenvalue weighted by Crippen LogP contribution is -2.44. The fraction of sp³-hybridized carbons (Fsp3) is 0.375. The number of likely N-dealkylation sites (tertiary alicyclic amines) is 1. The van der Waals surface area contributed by atoms with Crippen molar-refractivity contribution >= 4 is 11.7 Å². The molecule has 2 amide bonds. The van der Waals surface area contributed by atoms with E-state index in [1.165, 1.54) is 0 Å². The van der Waals surface area contributed by atoms with E-state index >= 15 is 0 Å². The Labute approximate surface area is 138 Å². The molecular weight excluding hydrogens is 306 g/mol. The third kappa shape index (κ3) is 2.70. The minimum Gasteiger partial charge on any atom is -0.347 e. The lowest BCUT2D eigenvalue weighted by molar-refractivity contribution is 0.147. The fourth-order valence-corrected chi connectivity index (χ4v) is 3.19. The molecule has 0 aliphatic carbocycles. The molecule has 0 aromatic carbocycles. The van der Waals surface area contributed by atoms with E-state index < -0.39 is 0 Å². The molecule has 124 valence electrons. The van der Waals surface area contributed by atoms with Crippen LogP contribution in [-0.2, 0) is 6.54 Å². The van der Waals surface area contributed by atoms with Gasteiger partial charge >= 0.3 is 6.03 Å². The Kier molecular flexibility index (Phi) is 3.86. The number of hydrogen-bond donors (Lipinski definition) is 2. The average Bonchev–Trinajstić information content (AvgIpc) is 3.30. The summed E-state index contributed by atoms with van der Waals surface area (Å²) in [4.78, 5) is 21.9. The summed E-state index contributed by atoms with van der Waals surface area (Å²) in [5, 5.41) is 11.2. The number of amides is 2. The molecule has 2 N–H and O–H groups in total. The molecule has 1 saturated heterocycles. The number of nitrogens with zero attached hydrogens (tertiary/aromatic N) is 5. The van der Waals surface area contributed by atoms with Crippen molar-refractivity contribution in [3.63, 3.8) is 0 Å². The summed E-state index contributed by atoms with van der Waals surface area (Å²) in [7, 11) is 0. The summed E-state index contributed by atoms with van der Waals surface area (Å²) in [6.07, 6.45) is 8.45. The van der Waals surface area contributed by atoms with Gasteiger partial charge in [-0.05, 0) is 31.4 Å². The number of aromatic nitrogens is 5. The van der Waals surface area contributed by atoms with Crippen LogP contribution >= 0.6 is 0 Å². The van der Waals surface area contributed by atoms with Gasteiger partial charge in [-0.3, -0.25) is 4.40 Å². The maximum absolute atomic E-state index is 12.7. The normalized spacial score (nSPS) is 18.0. The molecule has 3 aromatic heterocycles. The van der Waals surface area contributed by atoms with Gasteiger partial charge in [0, 0.05) is 25.1 Å². The summed E-state index contributed by atoms with van der Waals surface area (Å²) in [5.74, 6) is 1.56. The van der Waals surface area contributed by atoms with Crippen LogP contribution in [0, 0.1) is 0 Å². The van der Waals surface area contributed by atoms with Crippen LogP contribution in [0.3, 0.4) is 0 Å². The zero-order valence-electron chi connectivity index (χ0n) is 13.2. The molecule has 1 atom stereocenters. The van der Waals surface area contributed by atoms with Crippen molar-refractivity contribution < 1.29 is 4.79 Å². The standard InChI is InChI=1S/C16H19N7O/c24-16(19-11-14-21-20-13-6-2-4-10-23(13)14)22-9-3-1-5-12(22)15-17-7-8-18-15/h2,4,6-8,10,12H,1,3,5,9,11H2,(H,17,18)(H,19,24).